The van der Waals surface area contributed by atoms with Gasteiger partial charge in [0, 0.05) is 0 Å². The Hall–Kier alpha value is 0.266. The van der Waals surface area contributed by atoms with Crippen LogP contribution in [0.15, 0.2) is 30.5 Å². The Morgan fingerprint density at radius 3 is 2.58 bits per heavy atom. The van der Waals surface area contributed by atoms with E-state index in [1.165, 1.54) is 10.9 Å². The molecule has 0 aliphatic heterocycles. The van der Waals surface area contributed by atoms with Crippen molar-refractivity contribution >= 4 is 10.9 Å². The second-order valence-electron chi connectivity index (χ2n) is 2.78. The number of para-hydroxylation sites is 1. The molecule has 0 saturated carbocycles. The van der Waals surface area contributed by atoms with E-state index in [-0.39, 0.29) is 51.4 Å². The maximum absolute atomic E-state index is 3.95. The van der Waals surface area contributed by atoms with Gasteiger partial charge in [-0.1, -0.05) is 24.4 Å². The molecule has 56 valence electrons. The third kappa shape index (κ3) is 1.63. The molecule has 0 aliphatic rings. The number of fused-ring (bicyclic) bond motifs is 1. The van der Waals surface area contributed by atoms with Gasteiger partial charge in [0.05, 0.1) is 0 Å². The molecule has 1 aromatic carbocycles. The molecule has 2 aromatic rings. The predicted molar refractivity (Wildman–Crippen MR) is 47.4 cm³/mol. The maximum Gasteiger partial charge on any atom is 1.00 e. The third-order valence-electron chi connectivity index (χ3n) is 1.98. The Balaban J connectivity index is 0.000000720. The number of aromatic nitrogens is 1. The van der Waals surface area contributed by atoms with Crippen LogP contribution in [0.25, 0.3) is 10.9 Å². The van der Waals surface area contributed by atoms with Crippen LogP contribution in [-0.2, 0) is 7.05 Å². The standard InChI is InChI=1S/C10H10N.K/c1-8-7-11(2)10-6-4-3-5-9(8)10;/h3-7H,1H2,2H3;/q-1;+1. The van der Waals surface area contributed by atoms with E-state index in [0.717, 1.165) is 5.56 Å². The monoisotopic (exact) mass is 183 g/mol. The fraction of sp³-hybridized carbons (Fsp3) is 0.100. The summed E-state index contributed by atoms with van der Waals surface area (Å²) in [6.45, 7) is 3.95. The van der Waals surface area contributed by atoms with E-state index in [0.29, 0.717) is 0 Å². The molecule has 2 rings (SSSR count). The molecular weight excluding hydrogens is 173 g/mol. The SMILES string of the molecule is [CH2-]c1cn(C)c2ccccc12.[K+]. The molecule has 0 spiro atoms. The van der Waals surface area contributed by atoms with Crippen LogP contribution < -0.4 is 51.4 Å². The van der Waals surface area contributed by atoms with Gasteiger partial charge < -0.3 is 4.57 Å². The minimum Gasteiger partial charge on any atom is -0.413 e. The molecular formula is C10H10KN. The van der Waals surface area contributed by atoms with Crippen molar-refractivity contribution in [2.75, 3.05) is 0 Å². The molecule has 0 aliphatic carbocycles. The van der Waals surface area contributed by atoms with Crippen LogP contribution in [0.2, 0.25) is 0 Å². The molecule has 0 fully saturated rings. The Labute approximate surface area is 115 Å². The fourth-order valence-corrected chi connectivity index (χ4v) is 1.43. The fourth-order valence-electron chi connectivity index (χ4n) is 1.43. The summed E-state index contributed by atoms with van der Waals surface area (Å²) in [5.41, 5.74) is 2.35. The van der Waals surface area contributed by atoms with Crippen LogP contribution in [0.3, 0.4) is 0 Å². The number of rotatable bonds is 0. The van der Waals surface area contributed by atoms with Crippen LogP contribution in [0.4, 0.5) is 0 Å². The summed E-state index contributed by atoms with van der Waals surface area (Å²) in [5, 5.41) is 1.25. The molecule has 12 heavy (non-hydrogen) atoms. The zero-order valence-electron chi connectivity index (χ0n) is 7.54. The molecule has 2 heteroatoms. The molecule has 0 N–H and O–H groups in total. The first-order chi connectivity index (χ1) is 5.29. The van der Waals surface area contributed by atoms with Crippen LogP contribution in [0.1, 0.15) is 5.56 Å². The zero-order valence-corrected chi connectivity index (χ0v) is 10.7. The van der Waals surface area contributed by atoms with Crippen molar-refractivity contribution in [1.29, 1.82) is 0 Å². The minimum atomic E-state index is 0. The van der Waals surface area contributed by atoms with E-state index in [1.54, 1.807) is 0 Å². The molecule has 1 heterocycles. The second-order valence-corrected chi connectivity index (χ2v) is 2.78. The van der Waals surface area contributed by atoms with Crippen molar-refractivity contribution < 1.29 is 51.4 Å². The van der Waals surface area contributed by atoms with E-state index in [1.807, 2.05) is 25.4 Å². The smallest absolute Gasteiger partial charge is 0.413 e. The number of aryl methyl sites for hydroxylation is 1. The second kappa shape index (κ2) is 3.98. The third-order valence-corrected chi connectivity index (χ3v) is 1.98. The summed E-state index contributed by atoms with van der Waals surface area (Å²) >= 11 is 0. The predicted octanol–water partition coefficient (Wildman–Crippen LogP) is -0.636. The van der Waals surface area contributed by atoms with Gasteiger partial charge in [0.1, 0.15) is 0 Å². The van der Waals surface area contributed by atoms with E-state index < -0.39 is 0 Å². The van der Waals surface area contributed by atoms with Gasteiger partial charge in [0.15, 0.2) is 0 Å². The quantitative estimate of drug-likeness (QED) is 0.378. The van der Waals surface area contributed by atoms with Crippen molar-refractivity contribution in [1.82, 2.24) is 4.57 Å². The number of hydrogen-bond donors (Lipinski definition) is 0. The minimum absolute atomic E-state index is 0. The first kappa shape index (κ1) is 10.3. The van der Waals surface area contributed by atoms with Gasteiger partial charge in [-0.25, -0.2) is 0 Å². The Morgan fingerprint density at radius 2 is 1.92 bits per heavy atom. The van der Waals surface area contributed by atoms with Gasteiger partial charge in [-0.05, 0) is 12.6 Å². The van der Waals surface area contributed by atoms with Gasteiger partial charge in [-0.3, -0.25) is 0 Å². The Kier molecular flexibility index (Phi) is 3.43. The van der Waals surface area contributed by atoms with Crippen molar-refractivity contribution in [3.8, 4) is 0 Å². The van der Waals surface area contributed by atoms with Crippen molar-refractivity contribution in [2.24, 2.45) is 7.05 Å². The summed E-state index contributed by atoms with van der Waals surface area (Å²) in [5.74, 6) is 0. The Bertz CT molecular complexity index is 354. The molecule has 0 atom stereocenters. The van der Waals surface area contributed by atoms with Crippen molar-refractivity contribution in [3.63, 3.8) is 0 Å². The average molecular weight is 183 g/mol. The largest absolute Gasteiger partial charge is 1.00 e. The normalized spacial score (nSPS) is 9.75. The molecule has 0 radical (unpaired) electrons. The molecule has 0 saturated heterocycles. The van der Waals surface area contributed by atoms with E-state index in [4.69, 9.17) is 0 Å². The maximum atomic E-state index is 3.95. The van der Waals surface area contributed by atoms with Crippen molar-refractivity contribution in [3.05, 3.63) is 42.9 Å². The van der Waals surface area contributed by atoms with Gasteiger partial charge in [-0.15, -0.1) is 11.5 Å². The summed E-state index contributed by atoms with van der Waals surface area (Å²) in [6, 6.07) is 8.28. The summed E-state index contributed by atoms with van der Waals surface area (Å²) in [6.07, 6.45) is 2.05. The first-order valence-electron chi connectivity index (χ1n) is 3.65. The molecule has 1 aromatic heterocycles. The zero-order chi connectivity index (χ0) is 7.84. The average Bonchev–Trinajstić information content (AvgIpc) is 2.30. The van der Waals surface area contributed by atoms with E-state index in [9.17, 15) is 0 Å². The summed E-state index contributed by atoms with van der Waals surface area (Å²) in [7, 11) is 2.04. The van der Waals surface area contributed by atoms with Crippen molar-refractivity contribution in [2.45, 2.75) is 0 Å². The molecule has 0 unspecified atom stereocenters. The summed E-state index contributed by atoms with van der Waals surface area (Å²) in [4.78, 5) is 0. The number of hydrogen-bond acceptors (Lipinski definition) is 0. The molecule has 1 nitrogen and oxygen atoms in total. The van der Waals surface area contributed by atoms with Gasteiger partial charge in [0.25, 0.3) is 0 Å². The molecule has 0 bridgehead atoms. The van der Waals surface area contributed by atoms with Crippen LogP contribution in [-0.4, -0.2) is 4.57 Å². The van der Waals surface area contributed by atoms with Gasteiger partial charge in [-0.2, -0.15) is 12.5 Å². The summed E-state index contributed by atoms with van der Waals surface area (Å²) < 4.78 is 2.09. The van der Waals surface area contributed by atoms with Crippen LogP contribution in [0.5, 0.6) is 0 Å². The Morgan fingerprint density at radius 1 is 1.25 bits per heavy atom. The van der Waals surface area contributed by atoms with Crippen LogP contribution >= 0.6 is 0 Å². The number of nitrogens with zero attached hydrogens (tertiary/aromatic N) is 1. The van der Waals surface area contributed by atoms with Gasteiger partial charge in [0.2, 0.25) is 0 Å². The first-order valence-corrected chi connectivity index (χ1v) is 3.65. The topological polar surface area (TPSA) is 4.93 Å². The van der Waals surface area contributed by atoms with E-state index in [2.05, 4.69) is 23.6 Å². The van der Waals surface area contributed by atoms with Gasteiger partial charge >= 0.3 is 51.4 Å². The molecule has 0 amide bonds. The number of benzene rings is 1. The van der Waals surface area contributed by atoms with E-state index >= 15 is 0 Å². The van der Waals surface area contributed by atoms with Crippen LogP contribution in [0, 0.1) is 6.92 Å².